The van der Waals surface area contributed by atoms with Crippen LogP contribution < -0.4 is 22.1 Å². The van der Waals surface area contributed by atoms with Crippen LogP contribution in [-0.2, 0) is 35.2 Å². The minimum absolute atomic E-state index is 0.0809. The van der Waals surface area contributed by atoms with E-state index in [4.69, 9.17) is 11.5 Å². The molecule has 0 spiro atoms. The van der Waals surface area contributed by atoms with Crippen molar-refractivity contribution in [1.82, 2.24) is 15.5 Å². The molecule has 4 atom stereocenters. The van der Waals surface area contributed by atoms with Crippen LogP contribution in [0.5, 0.6) is 0 Å². The number of carbonyl (C=O) groups is 6. The number of hydrogen-bond donors (Lipinski definition) is 6. The van der Waals surface area contributed by atoms with Gasteiger partial charge in [-0.2, -0.15) is 0 Å². The Kier molecular flexibility index (Phi) is 9.70. The van der Waals surface area contributed by atoms with E-state index in [1.807, 2.05) is 0 Å². The average Bonchev–Trinajstić information content (AvgIpc) is 3.28. The van der Waals surface area contributed by atoms with Gasteiger partial charge in [0.2, 0.25) is 23.6 Å². The molecule has 4 amide bonds. The van der Waals surface area contributed by atoms with Gasteiger partial charge in [0.15, 0.2) is 0 Å². The molecule has 0 radical (unpaired) electrons. The van der Waals surface area contributed by atoms with Crippen molar-refractivity contribution in [2.24, 2.45) is 11.5 Å². The molecule has 1 aliphatic rings. The van der Waals surface area contributed by atoms with E-state index in [9.17, 15) is 39.0 Å². The van der Waals surface area contributed by atoms with E-state index in [0.29, 0.717) is 6.42 Å². The van der Waals surface area contributed by atoms with Gasteiger partial charge in [-0.3, -0.25) is 24.0 Å². The van der Waals surface area contributed by atoms with Crippen molar-refractivity contribution in [2.75, 3.05) is 6.54 Å². The first-order valence-electron chi connectivity index (χ1n) is 10.9. The number of likely N-dealkylation sites (tertiary alicyclic amines) is 1. The van der Waals surface area contributed by atoms with Crippen molar-refractivity contribution in [2.45, 2.75) is 56.3 Å². The molecule has 2 rings (SSSR count). The fourth-order valence-corrected chi connectivity index (χ4v) is 3.78. The summed E-state index contributed by atoms with van der Waals surface area (Å²) in [5.41, 5.74) is 11.9. The van der Waals surface area contributed by atoms with Gasteiger partial charge in [-0.25, -0.2) is 4.79 Å². The maximum absolute atomic E-state index is 12.9. The van der Waals surface area contributed by atoms with Gasteiger partial charge in [0.1, 0.15) is 18.1 Å². The number of hydrogen-bond acceptors (Lipinski definition) is 7. The highest BCUT2D eigenvalue weighted by Crippen LogP contribution is 2.19. The molecular weight excluding hydrogens is 462 g/mol. The molecule has 4 unspecified atom stereocenters. The number of rotatable bonds is 12. The van der Waals surface area contributed by atoms with E-state index in [1.54, 1.807) is 30.3 Å². The molecule has 1 heterocycles. The van der Waals surface area contributed by atoms with Crippen molar-refractivity contribution in [3.63, 3.8) is 0 Å². The van der Waals surface area contributed by atoms with Crippen LogP contribution in [0.3, 0.4) is 0 Å². The maximum atomic E-state index is 12.9. The predicted octanol–water partition coefficient (Wildman–Crippen LogP) is -2.05. The molecule has 13 nitrogen and oxygen atoms in total. The number of amides is 4. The molecule has 0 aromatic heterocycles. The van der Waals surface area contributed by atoms with Crippen molar-refractivity contribution >= 4 is 35.6 Å². The maximum Gasteiger partial charge on any atom is 0.326 e. The number of carboxylic acids is 2. The van der Waals surface area contributed by atoms with Crippen LogP contribution in [-0.4, -0.2) is 81.4 Å². The minimum Gasteiger partial charge on any atom is -0.481 e. The number of carbonyl (C=O) groups excluding carboxylic acids is 4. The van der Waals surface area contributed by atoms with Gasteiger partial charge in [-0.15, -0.1) is 0 Å². The molecule has 35 heavy (non-hydrogen) atoms. The fraction of sp³-hybridized carbons (Fsp3) is 0.455. The number of primary amides is 1. The molecule has 1 aromatic rings. The molecule has 0 saturated carbocycles. The molecule has 0 aliphatic carbocycles. The average molecular weight is 492 g/mol. The molecular formula is C22H29N5O8. The van der Waals surface area contributed by atoms with Crippen LogP contribution in [0.25, 0.3) is 0 Å². The van der Waals surface area contributed by atoms with Crippen molar-refractivity contribution in [1.29, 1.82) is 0 Å². The zero-order chi connectivity index (χ0) is 26.1. The third kappa shape index (κ3) is 8.07. The Morgan fingerprint density at radius 2 is 1.60 bits per heavy atom. The quantitative estimate of drug-likeness (QED) is 0.189. The lowest BCUT2D eigenvalue weighted by Crippen LogP contribution is -2.58. The number of carboxylic acid groups (broad SMARTS) is 2. The summed E-state index contributed by atoms with van der Waals surface area (Å²) in [6, 6.07) is 3.46. The predicted molar refractivity (Wildman–Crippen MR) is 120 cm³/mol. The molecule has 190 valence electrons. The summed E-state index contributed by atoms with van der Waals surface area (Å²) < 4.78 is 0. The van der Waals surface area contributed by atoms with Crippen LogP contribution >= 0.6 is 0 Å². The molecule has 1 aliphatic heterocycles. The summed E-state index contributed by atoms with van der Waals surface area (Å²) >= 11 is 0. The zero-order valence-corrected chi connectivity index (χ0v) is 18.9. The van der Waals surface area contributed by atoms with E-state index < -0.39 is 72.6 Å². The Morgan fingerprint density at radius 1 is 0.971 bits per heavy atom. The smallest absolute Gasteiger partial charge is 0.326 e. The summed E-state index contributed by atoms with van der Waals surface area (Å²) in [4.78, 5) is 73.6. The minimum atomic E-state index is -1.62. The van der Waals surface area contributed by atoms with Crippen molar-refractivity contribution in [3.05, 3.63) is 35.9 Å². The summed E-state index contributed by atoms with van der Waals surface area (Å²) in [6.07, 6.45) is -0.739. The summed E-state index contributed by atoms with van der Waals surface area (Å²) in [5, 5.41) is 23.1. The number of aliphatic carboxylic acids is 2. The largest absolute Gasteiger partial charge is 0.481 e. The van der Waals surface area contributed by atoms with Gasteiger partial charge in [0.25, 0.3) is 0 Å². The summed E-state index contributed by atoms with van der Waals surface area (Å²) in [6.45, 7) is 0.0809. The van der Waals surface area contributed by atoms with Crippen LogP contribution in [0, 0.1) is 0 Å². The monoisotopic (exact) mass is 491 g/mol. The number of nitrogens with one attached hydrogen (secondary N) is 2. The van der Waals surface area contributed by atoms with E-state index in [1.165, 1.54) is 0 Å². The van der Waals surface area contributed by atoms with Gasteiger partial charge < -0.3 is 37.2 Å². The molecule has 1 saturated heterocycles. The Bertz CT molecular complexity index is 970. The van der Waals surface area contributed by atoms with Crippen LogP contribution in [0.15, 0.2) is 30.3 Å². The van der Waals surface area contributed by atoms with Gasteiger partial charge in [-0.1, -0.05) is 30.3 Å². The highest BCUT2D eigenvalue weighted by Gasteiger charge is 2.39. The lowest BCUT2D eigenvalue weighted by Gasteiger charge is -2.28. The van der Waals surface area contributed by atoms with Crippen LogP contribution in [0.4, 0.5) is 0 Å². The molecule has 1 fully saturated rings. The van der Waals surface area contributed by atoms with Gasteiger partial charge in [0, 0.05) is 6.54 Å². The lowest BCUT2D eigenvalue weighted by atomic mass is 10.0. The second-order valence-electron chi connectivity index (χ2n) is 8.21. The molecule has 13 heteroatoms. The third-order valence-corrected chi connectivity index (χ3v) is 5.49. The van der Waals surface area contributed by atoms with Crippen LogP contribution in [0.2, 0.25) is 0 Å². The van der Waals surface area contributed by atoms with Gasteiger partial charge in [-0.05, 0) is 24.8 Å². The standard InChI is InChI=1S/C22H29N5O8/c23-13(9-12-5-2-1-3-6-12)19(31)25-14(10-17(24)28)20(32)26-15(11-18(29)30)21(33)27-8-4-7-16(27)22(34)35/h1-3,5-6,13-16H,4,7-11,23H2,(H2,24,28)(H,25,31)(H,26,32)(H,29,30)(H,34,35). The van der Waals surface area contributed by atoms with E-state index in [2.05, 4.69) is 10.6 Å². The molecule has 0 bridgehead atoms. The number of nitrogens with zero attached hydrogens (tertiary/aromatic N) is 1. The van der Waals surface area contributed by atoms with E-state index >= 15 is 0 Å². The highest BCUT2D eigenvalue weighted by molar-refractivity contribution is 5.97. The summed E-state index contributed by atoms with van der Waals surface area (Å²) in [7, 11) is 0. The highest BCUT2D eigenvalue weighted by atomic mass is 16.4. The number of benzene rings is 1. The Balaban J connectivity index is 2.14. The first kappa shape index (κ1) is 27.2. The topological polar surface area (TPSA) is 222 Å². The van der Waals surface area contributed by atoms with Crippen LogP contribution in [0.1, 0.15) is 31.2 Å². The fourth-order valence-electron chi connectivity index (χ4n) is 3.78. The third-order valence-electron chi connectivity index (χ3n) is 5.49. The van der Waals surface area contributed by atoms with Gasteiger partial charge >= 0.3 is 11.9 Å². The lowest BCUT2D eigenvalue weighted by molar-refractivity contribution is -0.150. The molecule has 1 aromatic carbocycles. The Hall–Kier alpha value is -4.00. The zero-order valence-electron chi connectivity index (χ0n) is 18.9. The molecule has 8 N–H and O–H groups in total. The van der Waals surface area contributed by atoms with Crippen molar-refractivity contribution in [3.8, 4) is 0 Å². The second kappa shape index (κ2) is 12.5. The summed E-state index contributed by atoms with van der Waals surface area (Å²) in [5.74, 6) is -6.29. The van der Waals surface area contributed by atoms with E-state index in [0.717, 1.165) is 10.5 Å². The SMILES string of the molecule is NC(=O)CC(NC(=O)C(N)Cc1ccccc1)C(=O)NC(CC(=O)O)C(=O)N1CCCC1C(=O)O. The van der Waals surface area contributed by atoms with Crippen molar-refractivity contribution < 1.29 is 39.0 Å². The second-order valence-corrected chi connectivity index (χ2v) is 8.21. The van der Waals surface area contributed by atoms with Gasteiger partial charge in [0.05, 0.1) is 18.9 Å². The Morgan fingerprint density at radius 3 is 2.17 bits per heavy atom. The Labute approximate surface area is 200 Å². The first-order valence-corrected chi connectivity index (χ1v) is 10.9. The normalized spacial score (nSPS) is 17.6. The first-order chi connectivity index (χ1) is 16.5. The van der Waals surface area contributed by atoms with E-state index in [-0.39, 0.29) is 19.4 Å². The number of nitrogens with two attached hydrogens (primary N) is 2.